The van der Waals surface area contributed by atoms with Crippen LogP contribution in [0.4, 0.5) is 5.95 Å². The van der Waals surface area contributed by atoms with Crippen LogP contribution in [-0.4, -0.2) is 22.4 Å². The molecule has 3 rings (SSSR count). The molecule has 0 bridgehead atoms. The minimum absolute atomic E-state index is 0.0435. The van der Waals surface area contributed by atoms with Crippen molar-refractivity contribution in [1.82, 2.24) is 15.3 Å². The summed E-state index contributed by atoms with van der Waals surface area (Å²) in [7, 11) is 0. The standard InChI is InChI=1S/C22H24N4O/c1-16-15-20(21(27)23-14-13-18-9-5-3-6-10-18)26-22(24-16)25-17(2)19-11-7-4-8-12-19/h3-12,15,17H,13-14H2,1-2H3,(H,23,27)(H,24,25,26). The lowest BCUT2D eigenvalue weighted by Gasteiger charge is -2.15. The minimum Gasteiger partial charge on any atom is -0.350 e. The van der Waals surface area contributed by atoms with Crippen LogP contribution in [0.5, 0.6) is 0 Å². The Labute approximate surface area is 159 Å². The van der Waals surface area contributed by atoms with Gasteiger partial charge >= 0.3 is 0 Å². The molecular formula is C22H24N4O. The number of rotatable bonds is 7. The molecule has 0 fully saturated rings. The van der Waals surface area contributed by atoms with Gasteiger partial charge in [-0.15, -0.1) is 0 Å². The Morgan fingerprint density at radius 2 is 1.67 bits per heavy atom. The number of nitrogens with zero attached hydrogens (tertiary/aromatic N) is 2. The van der Waals surface area contributed by atoms with Gasteiger partial charge in [0.25, 0.3) is 5.91 Å². The Morgan fingerprint density at radius 1 is 1.00 bits per heavy atom. The molecule has 0 aliphatic rings. The van der Waals surface area contributed by atoms with E-state index >= 15 is 0 Å². The van der Waals surface area contributed by atoms with Gasteiger partial charge in [-0.05, 0) is 37.5 Å². The molecule has 0 aliphatic carbocycles. The molecule has 0 saturated heterocycles. The fourth-order valence-corrected chi connectivity index (χ4v) is 2.82. The van der Waals surface area contributed by atoms with E-state index < -0.39 is 0 Å². The number of hydrogen-bond donors (Lipinski definition) is 2. The highest BCUT2D eigenvalue weighted by Crippen LogP contribution is 2.17. The van der Waals surface area contributed by atoms with Crippen molar-refractivity contribution in [3.8, 4) is 0 Å². The quantitative estimate of drug-likeness (QED) is 0.670. The molecule has 0 aliphatic heterocycles. The minimum atomic E-state index is -0.188. The number of carbonyl (C=O) groups is 1. The summed E-state index contributed by atoms with van der Waals surface area (Å²) in [5.74, 6) is 0.270. The van der Waals surface area contributed by atoms with Crippen molar-refractivity contribution in [1.29, 1.82) is 0 Å². The van der Waals surface area contributed by atoms with Gasteiger partial charge < -0.3 is 10.6 Å². The third-order valence-corrected chi connectivity index (χ3v) is 4.27. The molecule has 0 radical (unpaired) electrons. The predicted octanol–water partition coefficient (Wildman–Crippen LogP) is 3.93. The molecule has 138 valence electrons. The molecule has 1 unspecified atom stereocenters. The van der Waals surface area contributed by atoms with Crippen molar-refractivity contribution >= 4 is 11.9 Å². The van der Waals surface area contributed by atoms with E-state index in [0.29, 0.717) is 18.2 Å². The van der Waals surface area contributed by atoms with E-state index in [-0.39, 0.29) is 11.9 Å². The Morgan fingerprint density at radius 3 is 2.37 bits per heavy atom. The van der Waals surface area contributed by atoms with Gasteiger partial charge in [-0.1, -0.05) is 60.7 Å². The van der Waals surface area contributed by atoms with Crippen molar-refractivity contribution in [2.75, 3.05) is 11.9 Å². The van der Waals surface area contributed by atoms with E-state index in [2.05, 4.69) is 20.6 Å². The van der Waals surface area contributed by atoms with E-state index in [4.69, 9.17) is 0 Å². The van der Waals surface area contributed by atoms with Gasteiger partial charge in [0, 0.05) is 12.2 Å². The van der Waals surface area contributed by atoms with E-state index in [1.165, 1.54) is 5.56 Å². The third kappa shape index (κ3) is 5.38. The lowest BCUT2D eigenvalue weighted by molar-refractivity contribution is 0.0949. The highest BCUT2D eigenvalue weighted by molar-refractivity contribution is 5.92. The van der Waals surface area contributed by atoms with Crippen LogP contribution in [0.25, 0.3) is 0 Å². The Balaban J connectivity index is 1.63. The topological polar surface area (TPSA) is 66.9 Å². The maximum atomic E-state index is 12.5. The molecule has 0 spiro atoms. The second-order valence-corrected chi connectivity index (χ2v) is 6.49. The normalized spacial score (nSPS) is 11.6. The number of aryl methyl sites for hydroxylation is 1. The maximum absolute atomic E-state index is 12.5. The molecule has 1 amide bonds. The van der Waals surface area contributed by atoms with Crippen LogP contribution in [0.1, 0.15) is 40.3 Å². The average molecular weight is 360 g/mol. The van der Waals surface area contributed by atoms with E-state index in [9.17, 15) is 4.79 Å². The van der Waals surface area contributed by atoms with Gasteiger partial charge in [0.1, 0.15) is 5.69 Å². The van der Waals surface area contributed by atoms with Crippen LogP contribution in [0.15, 0.2) is 66.7 Å². The van der Waals surface area contributed by atoms with Crippen LogP contribution in [0.3, 0.4) is 0 Å². The summed E-state index contributed by atoms with van der Waals surface area (Å²) in [6.07, 6.45) is 0.785. The summed E-state index contributed by atoms with van der Waals surface area (Å²) in [6.45, 7) is 4.47. The van der Waals surface area contributed by atoms with Gasteiger partial charge in [-0.2, -0.15) is 0 Å². The molecule has 1 atom stereocenters. The highest BCUT2D eigenvalue weighted by atomic mass is 16.1. The first kappa shape index (κ1) is 18.6. The van der Waals surface area contributed by atoms with Gasteiger partial charge in [-0.25, -0.2) is 9.97 Å². The van der Waals surface area contributed by atoms with Gasteiger partial charge in [0.2, 0.25) is 5.95 Å². The number of aromatic nitrogens is 2. The van der Waals surface area contributed by atoms with Crippen molar-refractivity contribution in [2.24, 2.45) is 0 Å². The molecule has 3 aromatic rings. The van der Waals surface area contributed by atoms with Crippen LogP contribution in [-0.2, 0) is 6.42 Å². The third-order valence-electron chi connectivity index (χ3n) is 4.27. The molecule has 0 saturated carbocycles. The lowest BCUT2D eigenvalue weighted by atomic mass is 10.1. The van der Waals surface area contributed by atoms with Gasteiger partial charge in [0.15, 0.2) is 0 Å². The molecule has 2 N–H and O–H groups in total. The number of amides is 1. The number of benzene rings is 2. The summed E-state index contributed by atoms with van der Waals surface area (Å²) in [4.78, 5) is 21.3. The van der Waals surface area contributed by atoms with Crippen LogP contribution >= 0.6 is 0 Å². The number of nitrogens with one attached hydrogen (secondary N) is 2. The maximum Gasteiger partial charge on any atom is 0.270 e. The first-order valence-electron chi connectivity index (χ1n) is 9.11. The number of hydrogen-bond acceptors (Lipinski definition) is 4. The lowest BCUT2D eigenvalue weighted by Crippen LogP contribution is -2.27. The fraction of sp³-hybridized carbons (Fsp3) is 0.227. The Kier molecular flexibility index (Phi) is 6.15. The molecule has 1 aromatic heterocycles. The molecule has 5 nitrogen and oxygen atoms in total. The molecule has 1 heterocycles. The summed E-state index contributed by atoms with van der Waals surface area (Å²) >= 11 is 0. The van der Waals surface area contributed by atoms with E-state index in [1.54, 1.807) is 6.07 Å². The van der Waals surface area contributed by atoms with E-state index in [0.717, 1.165) is 17.7 Å². The zero-order chi connectivity index (χ0) is 19.1. The zero-order valence-electron chi connectivity index (χ0n) is 15.6. The van der Waals surface area contributed by atoms with Crippen molar-refractivity contribution in [3.05, 3.63) is 89.2 Å². The zero-order valence-corrected chi connectivity index (χ0v) is 15.6. The first-order valence-corrected chi connectivity index (χ1v) is 9.11. The largest absolute Gasteiger partial charge is 0.350 e. The molecule has 2 aromatic carbocycles. The second kappa shape index (κ2) is 8.94. The average Bonchev–Trinajstić information content (AvgIpc) is 2.69. The van der Waals surface area contributed by atoms with Crippen molar-refractivity contribution in [3.63, 3.8) is 0 Å². The highest BCUT2D eigenvalue weighted by Gasteiger charge is 2.12. The molecular weight excluding hydrogens is 336 g/mol. The molecule has 27 heavy (non-hydrogen) atoms. The SMILES string of the molecule is Cc1cc(C(=O)NCCc2ccccc2)nc(NC(C)c2ccccc2)n1. The predicted molar refractivity (Wildman–Crippen MR) is 108 cm³/mol. The monoisotopic (exact) mass is 360 g/mol. The Bertz CT molecular complexity index is 881. The van der Waals surface area contributed by atoms with E-state index in [1.807, 2.05) is 74.5 Å². The van der Waals surface area contributed by atoms with Crippen LogP contribution < -0.4 is 10.6 Å². The number of carbonyl (C=O) groups excluding carboxylic acids is 1. The molecule has 5 heteroatoms. The smallest absolute Gasteiger partial charge is 0.270 e. The van der Waals surface area contributed by atoms with Crippen LogP contribution in [0.2, 0.25) is 0 Å². The first-order chi connectivity index (χ1) is 13.1. The van der Waals surface area contributed by atoms with Crippen LogP contribution in [0, 0.1) is 6.92 Å². The van der Waals surface area contributed by atoms with Crippen molar-refractivity contribution < 1.29 is 4.79 Å². The summed E-state index contributed by atoms with van der Waals surface area (Å²) in [5, 5.41) is 6.20. The van der Waals surface area contributed by atoms with Crippen molar-refractivity contribution in [2.45, 2.75) is 26.3 Å². The van der Waals surface area contributed by atoms with Gasteiger partial charge in [0.05, 0.1) is 6.04 Å². The fourth-order valence-electron chi connectivity index (χ4n) is 2.82. The summed E-state index contributed by atoms with van der Waals surface area (Å²) < 4.78 is 0. The Hall–Kier alpha value is -3.21. The number of anilines is 1. The summed E-state index contributed by atoms with van der Waals surface area (Å²) in [5.41, 5.74) is 3.45. The summed E-state index contributed by atoms with van der Waals surface area (Å²) in [6, 6.07) is 21.9. The van der Waals surface area contributed by atoms with Gasteiger partial charge in [-0.3, -0.25) is 4.79 Å². The second-order valence-electron chi connectivity index (χ2n) is 6.49.